The van der Waals surface area contributed by atoms with E-state index in [9.17, 15) is 4.79 Å². The molecule has 1 amide bonds. The summed E-state index contributed by atoms with van der Waals surface area (Å²) in [4.78, 5) is 14.3. The van der Waals surface area contributed by atoms with Crippen LogP contribution in [0.2, 0.25) is 0 Å². The number of amides is 1. The third kappa shape index (κ3) is 2.34. The van der Waals surface area contributed by atoms with Gasteiger partial charge in [0.25, 0.3) is 5.91 Å². The quantitative estimate of drug-likeness (QED) is 0.618. The van der Waals surface area contributed by atoms with Gasteiger partial charge in [-0.25, -0.2) is 0 Å². The van der Waals surface area contributed by atoms with Crippen LogP contribution in [0, 0.1) is 5.41 Å². The molecule has 5 heteroatoms. The number of carbonyl (C=O) groups excluding carboxylic acids is 1. The maximum Gasteiger partial charge on any atom is 0.274 e. The Balaban J connectivity index is 2.29. The van der Waals surface area contributed by atoms with E-state index in [1.807, 2.05) is 30.5 Å². The van der Waals surface area contributed by atoms with E-state index < -0.39 is 0 Å². The second-order valence-electron chi connectivity index (χ2n) is 3.66. The first-order valence-electron chi connectivity index (χ1n) is 5.11. The van der Waals surface area contributed by atoms with Crippen LogP contribution in [0.25, 0.3) is 6.08 Å². The molecule has 0 saturated carbocycles. The molecule has 0 atom stereocenters. The highest BCUT2D eigenvalue weighted by Gasteiger charge is 2.26. The molecule has 17 heavy (non-hydrogen) atoms. The van der Waals surface area contributed by atoms with Crippen molar-refractivity contribution in [3.05, 3.63) is 35.5 Å². The fourth-order valence-electron chi connectivity index (χ4n) is 1.55. The first-order chi connectivity index (χ1) is 8.11. The first kappa shape index (κ1) is 11.7. The molecule has 0 aromatic heterocycles. The summed E-state index contributed by atoms with van der Waals surface area (Å²) in [5, 5.41) is 9.95. The Hall–Kier alpha value is -1.75. The van der Waals surface area contributed by atoms with E-state index in [2.05, 4.69) is 5.32 Å². The van der Waals surface area contributed by atoms with Crippen LogP contribution in [0.1, 0.15) is 5.56 Å². The van der Waals surface area contributed by atoms with Crippen molar-refractivity contribution in [2.75, 3.05) is 13.3 Å². The highest BCUT2D eigenvalue weighted by atomic mass is 32.2. The van der Waals surface area contributed by atoms with E-state index in [0.717, 1.165) is 5.56 Å². The minimum atomic E-state index is -0.230. The number of nitrogens with zero attached hydrogens (tertiary/aromatic N) is 1. The van der Waals surface area contributed by atoms with Gasteiger partial charge in [-0.15, -0.1) is 11.8 Å². The van der Waals surface area contributed by atoms with Crippen molar-refractivity contribution in [3.63, 3.8) is 0 Å². The van der Waals surface area contributed by atoms with Crippen LogP contribution in [-0.4, -0.2) is 30.1 Å². The van der Waals surface area contributed by atoms with Gasteiger partial charge in [0, 0.05) is 11.9 Å². The fourth-order valence-corrected chi connectivity index (χ4v) is 1.96. The minimum absolute atomic E-state index is 0.113. The van der Waals surface area contributed by atoms with E-state index in [-0.39, 0.29) is 11.9 Å². The number of thioether (sulfide) groups is 1. The maximum absolute atomic E-state index is 11.6. The van der Waals surface area contributed by atoms with Crippen LogP contribution in [0.4, 0.5) is 0 Å². The van der Waals surface area contributed by atoms with Crippen LogP contribution in [0.3, 0.4) is 0 Å². The number of rotatable bonds is 2. The molecule has 1 saturated heterocycles. The van der Waals surface area contributed by atoms with Crippen molar-refractivity contribution in [3.8, 4) is 0 Å². The topological polar surface area (TPSA) is 56.2 Å². The van der Waals surface area contributed by atoms with Crippen LogP contribution in [0.15, 0.2) is 34.9 Å². The third-order valence-corrected chi connectivity index (χ3v) is 3.32. The summed E-state index contributed by atoms with van der Waals surface area (Å²) in [5.41, 5.74) is 1.45. The lowest BCUT2D eigenvalue weighted by Gasteiger charge is -2.08. The average molecular weight is 247 g/mol. The van der Waals surface area contributed by atoms with Gasteiger partial charge in [0.2, 0.25) is 5.96 Å². The predicted octanol–water partition coefficient (Wildman–Crippen LogP) is 1.75. The molecule has 2 N–H and O–H groups in total. The molecule has 88 valence electrons. The summed E-state index contributed by atoms with van der Waals surface area (Å²) >= 11 is 1.68. The molecule has 2 rings (SSSR count). The normalized spacial score (nSPS) is 17.8. The van der Waals surface area contributed by atoms with E-state index in [1.165, 1.54) is 9.80 Å². The number of hydrogen-bond donors (Lipinski definition) is 2. The maximum atomic E-state index is 11.6. The lowest BCUT2D eigenvalue weighted by atomic mass is 10.2. The SMILES string of the molecule is CSc1ccc(C=C2C(=O)NC(=N)N2C)cc1. The first-order valence-corrected chi connectivity index (χ1v) is 6.33. The smallest absolute Gasteiger partial charge is 0.274 e. The predicted molar refractivity (Wildman–Crippen MR) is 69.8 cm³/mol. The molecule has 0 radical (unpaired) electrons. The number of nitrogens with one attached hydrogen (secondary N) is 2. The molecule has 0 unspecified atom stereocenters. The van der Waals surface area contributed by atoms with Gasteiger partial charge in [0.05, 0.1) is 0 Å². The largest absolute Gasteiger partial charge is 0.311 e. The Bertz CT molecular complexity index is 493. The molecule has 1 fully saturated rings. The standard InChI is InChI=1S/C12H13N3OS/c1-15-10(11(16)14-12(15)13)7-8-3-5-9(17-2)6-4-8/h3-7H,1-2H3,(H2,13,14,16). The van der Waals surface area contributed by atoms with Crippen molar-refractivity contribution in [2.45, 2.75) is 4.90 Å². The zero-order chi connectivity index (χ0) is 12.4. The molecule has 4 nitrogen and oxygen atoms in total. The second kappa shape index (κ2) is 4.63. The van der Waals surface area contributed by atoms with E-state index in [4.69, 9.17) is 5.41 Å². The molecule has 0 aliphatic carbocycles. The van der Waals surface area contributed by atoms with Gasteiger partial charge >= 0.3 is 0 Å². The number of carbonyl (C=O) groups is 1. The van der Waals surface area contributed by atoms with Crippen molar-refractivity contribution in [2.24, 2.45) is 0 Å². The Morgan fingerprint density at radius 2 is 2.00 bits per heavy atom. The summed E-state index contributed by atoms with van der Waals surface area (Å²) in [6.45, 7) is 0. The summed E-state index contributed by atoms with van der Waals surface area (Å²) in [6.07, 6.45) is 3.80. The van der Waals surface area contributed by atoms with Crippen LogP contribution in [0.5, 0.6) is 0 Å². The van der Waals surface area contributed by atoms with E-state index in [1.54, 1.807) is 24.9 Å². The number of likely N-dealkylation sites (N-methyl/N-ethyl adjacent to an activating group) is 1. The Labute approximate surface area is 104 Å². The fraction of sp³-hybridized carbons (Fsp3) is 0.167. The zero-order valence-corrected chi connectivity index (χ0v) is 10.5. The monoisotopic (exact) mass is 247 g/mol. The van der Waals surface area contributed by atoms with Gasteiger partial charge in [-0.05, 0) is 30.0 Å². The van der Waals surface area contributed by atoms with Crippen molar-refractivity contribution in [1.82, 2.24) is 10.2 Å². The number of benzene rings is 1. The van der Waals surface area contributed by atoms with Crippen LogP contribution in [-0.2, 0) is 4.79 Å². The van der Waals surface area contributed by atoms with Gasteiger partial charge in [0.15, 0.2) is 0 Å². The molecule has 0 bridgehead atoms. The minimum Gasteiger partial charge on any atom is -0.311 e. The number of guanidine groups is 1. The van der Waals surface area contributed by atoms with Gasteiger partial charge in [-0.3, -0.25) is 15.5 Å². The molecule has 1 aromatic rings. The average Bonchev–Trinajstić information content (AvgIpc) is 2.57. The van der Waals surface area contributed by atoms with E-state index >= 15 is 0 Å². The molecule has 1 heterocycles. The molecule has 1 aliphatic rings. The highest BCUT2D eigenvalue weighted by molar-refractivity contribution is 7.98. The summed E-state index contributed by atoms with van der Waals surface area (Å²) < 4.78 is 0. The summed E-state index contributed by atoms with van der Waals surface area (Å²) in [7, 11) is 1.70. The molecular formula is C12H13N3OS. The third-order valence-electron chi connectivity index (χ3n) is 2.58. The number of hydrogen-bond acceptors (Lipinski definition) is 3. The Kier molecular flexibility index (Phi) is 3.19. The van der Waals surface area contributed by atoms with E-state index in [0.29, 0.717) is 5.70 Å². The van der Waals surface area contributed by atoms with Gasteiger partial charge in [-0.2, -0.15) is 0 Å². The molecule has 0 spiro atoms. The lowest BCUT2D eigenvalue weighted by molar-refractivity contribution is -0.115. The lowest BCUT2D eigenvalue weighted by Crippen LogP contribution is -2.25. The Morgan fingerprint density at radius 1 is 1.35 bits per heavy atom. The van der Waals surface area contributed by atoms with Gasteiger partial charge in [-0.1, -0.05) is 12.1 Å². The summed E-state index contributed by atoms with van der Waals surface area (Å²) in [5.74, 6) is -0.117. The Morgan fingerprint density at radius 3 is 2.47 bits per heavy atom. The van der Waals surface area contributed by atoms with Gasteiger partial charge < -0.3 is 4.90 Å². The van der Waals surface area contributed by atoms with Crippen LogP contribution >= 0.6 is 11.8 Å². The van der Waals surface area contributed by atoms with Crippen LogP contribution < -0.4 is 5.32 Å². The summed E-state index contributed by atoms with van der Waals surface area (Å²) in [6, 6.07) is 7.94. The molecular weight excluding hydrogens is 234 g/mol. The second-order valence-corrected chi connectivity index (χ2v) is 4.54. The van der Waals surface area contributed by atoms with Crippen molar-refractivity contribution >= 4 is 29.7 Å². The van der Waals surface area contributed by atoms with Gasteiger partial charge in [0.1, 0.15) is 5.70 Å². The zero-order valence-electron chi connectivity index (χ0n) is 9.65. The molecule has 1 aromatic carbocycles. The van der Waals surface area contributed by atoms with Crippen molar-refractivity contribution < 1.29 is 4.79 Å². The molecule has 1 aliphatic heterocycles. The van der Waals surface area contributed by atoms with Crippen molar-refractivity contribution in [1.29, 1.82) is 5.41 Å². The highest BCUT2D eigenvalue weighted by Crippen LogP contribution is 2.18.